The number of urea groups is 1. The Morgan fingerprint density at radius 3 is 2.60 bits per heavy atom. The zero-order valence-corrected chi connectivity index (χ0v) is 26.3. The summed E-state index contributed by atoms with van der Waals surface area (Å²) >= 11 is 6.58. The highest BCUT2D eigenvalue weighted by Gasteiger charge is 2.31. The monoisotopic (exact) mass is 669 g/mol. The molecule has 4 N–H and O–H groups in total. The summed E-state index contributed by atoms with van der Waals surface area (Å²) in [4.78, 5) is 40.2. The number of imidazole rings is 1. The Bertz CT molecular complexity index is 1780. The zero-order chi connectivity index (χ0) is 33.1. The molecule has 0 bridgehead atoms. The predicted octanol–water partition coefficient (Wildman–Crippen LogP) is 2.77. The molecule has 1 atom stereocenters. The van der Waals surface area contributed by atoms with Crippen LogP contribution in [0.25, 0.3) is 16.9 Å². The van der Waals surface area contributed by atoms with Crippen LogP contribution in [0, 0.1) is 11.6 Å². The molecule has 2 aliphatic rings. The van der Waals surface area contributed by atoms with Crippen LogP contribution in [0.1, 0.15) is 10.4 Å². The lowest BCUT2D eigenvalue weighted by Crippen LogP contribution is -2.59. The van der Waals surface area contributed by atoms with Gasteiger partial charge >= 0.3 is 6.03 Å². The van der Waals surface area contributed by atoms with E-state index < -0.39 is 11.6 Å². The number of aliphatic hydroxyl groups excluding tert-OH is 1. The maximum Gasteiger partial charge on any atom is 0.320 e. The van der Waals surface area contributed by atoms with Gasteiger partial charge in [-0.3, -0.25) is 14.5 Å². The van der Waals surface area contributed by atoms with Crippen molar-refractivity contribution in [3.05, 3.63) is 71.1 Å². The minimum absolute atomic E-state index is 0.000742. The fourth-order valence-corrected chi connectivity index (χ4v) is 5.95. The van der Waals surface area contributed by atoms with Crippen molar-refractivity contribution in [2.75, 3.05) is 71.5 Å². The van der Waals surface area contributed by atoms with Gasteiger partial charge in [-0.15, -0.1) is 0 Å². The van der Waals surface area contributed by atoms with Crippen molar-refractivity contribution in [3.63, 3.8) is 0 Å². The van der Waals surface area contributed by atoms with E-state index in [1.165, 1.54) is 24.5 Å². The number of ether oxygens (including phenoxy) is 1. The molecule has 6 rings (SSSR count). The van der Waals surface area contributed by atoms with E-state index in [4.69, 9.17) is 16.3 Å². The van der Waals surface area contributed by atoms with Crippen molar-refractivity contribution in [2.45, 2.75) is 6.04 Å². The van der Waals surface area contributed by atoms with Gasteiger partial charge in [0.1, 0.15) is 6.73 Å². The second-order valence-corrected chi connectivity index (χ2v) is 11.6. The minimum Gasteiger partial charge on any atom is -0.475 e. The van der Waals surface area contributed by atoms with Crippen molar-refractivity contribution in [3.8, 4) is 17.0 Å². The Balaban J connectivity index is 1.12. The number of hydrogen-bond acceptors (Lipinski definition) is 9. The van der Waals surface area contributed by atoms with Crippen LogP contribution in [0.4, 0.5) is 25.1 Å². The van der Waals surface area contributed by atoms with Gasteiger partial charge in [0.25, 0.3) is 5.91 Å². The van der Waals surface area contributed by atoms with Crippen LogP contribution in [-0.2, 0) is 0 Å². The molecule has 0 saturated carbocycles. The summed E-state index contributed by atoms with van der Waals surface area (Å²) in [6.45, 7) is 3.12. The minimum atomic E-state index is -1.10. The summed E-state index contributed by atoms with van der Waals surface area (Å²) in [5.74, 6) is -2.29. The summed E-state index contributed by atoms with van der Waals surface area (Å²) < 4.78 is 36.5. The molecule has 248 valence electrons. The number of aromatic nitrogens is 3. The van der Waals surface area contributed by atoms with Gasteiger partial charge in [0.05, 0.1) is 29.1 Å². The van der Waals surface area contributed by atoms with E-state index in [0.717, 1.165) is 0 Å². The van der Waals surface area contributed by atoms with Gasteiger partial charge in [-0.2, -0.15) is 4.39 Å². The van der Waals surface area contributed by atoms with Crippen molar-refractivity contribution in [1.82, 2.24) is 39.7 Å². The number of aliphatic hydroxyl groups is 1. The zero-order valence-electron chi connectivity index (χ0n) is 25.5. The Morgan fingerprint density at radius 1 is 1.06 bits per heavy atom. The number of fused-ring (bicyclic) bond motifs is 1. The topological polar surface area (TPSA) is 140 Å². The molecule has 0 unspecified atom stereocenters. The van der Waals surface area contributed by atoms with Gasteiger partial charge in [-0.05, 0) is 37.4 Å². The lowest BCUT2D eigenvalue weighted by atomic mass is 10.1. The average Bonchev–Trinajstić information content (AvgIpc) is 3.53. The van der Waals surface area contributed by atoms with Crippen molar-refractivity contribution in [1.29, 1.82) is 0 Å². The molecule has 2 aromatic carbocycles. The summed E-state index contributed by atoms with van der Waals surface area (Å²) in [7, 11) is 1.63. The molecule has 0 aliphatic carbocycles. The second-order valence-electron chi connectivity index (χ2n) is 11.2. The standard InChI is InChI=1S/C31H34ClF2N9O4/c1-35-18-47-25-5-4-22(26(33)27(25)34)24-15-38-29-28(37-7-9-43(24)29)39-19-2-3-21(23(32)14-19)30(45)40-10-12-41(13-11-40)31(46)42-8-6-36-20(16-42)17-44/h2-5,7,9,14-15,20,35-36,44H,6,8,10-13,16-18H2,1H3,(H,37,39)/t20-/m1/s1. The van der Waals surface area contributed by atoms with Crippen LogP contribution in [0.2, 0.25) is 5.02 Å². The van der Waals surface area contributed by atoms with E-state index in [9.17, 15) is 19.1 Å². The van der Waals surface area contributed by atoms with Gasteiger partial charge in [0, 0.05) is 75.5 Å². The first-order valence-electron chi connectivity index (χ1n) is 15.1. The first-order chi connectivity index (χ1) is 22.8. The molecule has 2 aliphatic heterocycles. The molecular weight excluding hydrogens is 636 g/mol. The van der Waals surface area contributed by atoms with Gasteiger partial charge in [0.2, 0.25) is 5.82 Å². The third-order valence-electron chi connectivity index (χ3n) is 8.17. The highest BCUT2D eigenvalue weighted by atomic mass is 35.5. The Hall–Kier alpha value is -4.57. The number of anilines is 2. The first kappa shape index (κ1) is 32.4. The van der Waals surface area contributed by atoms with E-state index in [-0.39, 0.29) is 47.7 Å². The van der Waals surface area contributed by atoms with E-state index in [0.29, 0.717) is 74.2 Å². The van der Waals surface area contributed by atoms with Crippen molar-refractivity contribution < 1.29 is 28.2 Å². The van der Waals surface area contributed by atoms with Crippen LogP contribution in [0.15, 0.2) is 48.9 Å². The molecule has 16 heteroatoms. The summed E-state index contributed by atoms with van der Waals surface area (Å²) in [5.41, 5.74) is 1.52. The molecule has 2 aromatic heterocycles. The van der Waals surface area contributed by atoms with E-state index >= 15 is 4.39 Å². The fraction of sp³-hybridized carbons (Fsp3) is 0.355. The van der Waals surface area contributed by atoms with E-state index in [1.54, 1.807) is 50.5 Å². The number of hydrogen-bond donors (Lipinski definition) is 4. The average molecular weight is 670 g/mol. The quantitative estimate of drug-likeness (QED) is 0.209. The lowest BCUT2D eigenvalue weighted by molar-refractivity contribution is 0.0621. The Labute approximate surface area is 274 Å². The van der Waals surface area contributed by atoms with Gasteiger partial charge < -0.3 is 35.2 Å². The van der Waals surface area contributed by atoms with Crippen LogP contribution in [-0.4, -0.2) is 118 Å². The molecule has 0 radical (unpaired) electrons. The Kier molecular flexibility index (Phi) is 9.68. The molecule has 47 heavy (non-hydrogen) atoms. The number of nitrogens with one attached hydrogen (secondary N) is 3. The maximum absolute atomic E-state index is 15.0. The number of rotatable bonds is 8. The van der Waals surface area contributed by atoms with Crippen molar-refractivity contribution in [2.24, 2.45) is 0 Å². The van der Waals surface area contributed by atoms with Crippen molar-refractivity contribution >= 4 is 40.7 Å². The Morgan fingerprint density at radius 2 is 1.85 bits per heavy atom. The van der Waals surface area contributed by atoms with E-state index in [1.807, 2.05) is 0 Å². The molecule has 13 nitrogen and oxygen atoms in total. The van der Waals surface area contributed by atoms with Gasteiger partial charge in [-0.25, -0.2) is 19.2 Å². The summed E-state index contributed by atoms with van der Waals surface area (Å²) in [6.07, 6.45) is 4.51. The SMILES string of the molecule is CNCOc1ccc(-c2cnc3c(Nc4ccc(C(=O)N5CCN(C(=O)N6CCN[C@@H](CO)C6)CC5)c(Cl)c4)nccn23)c(F)c1F. The normalized spacial score (nSPS) is 16.9. The van der Waals surface area contributed by atoms with Gasteiger partial charge in [-0.1, -0.05) is 11.6 Å². The van der Waals surface area contributed by atoms with Crippen LogP contribution >= 0.6 is 11.6 Å². The number of carbonyl (C=O) groups excluding carboxylic acids is 2. The molecule has 4 aromatic rings. The second kappa shape index (κ2) is 14.0. The predicted molar refractivity (Wildman–Crippen MR) is 171 cm³/mol. The number of halogens is 3. The number of carbonyl (C=O) groups is 2. The number of nitrogens with zero attached hydrogens (tertiary/aromatic N) is 6. The lowest BCUT2D eigenvalue weighted by Gasteiger charge is -2.40. The smallest absolute Gasteiger partial charge is 0.320 e. The number of piperazine rings is 2. The van der Waals surface area contributed by atoms with Crippen LogP contribution in [0.5, 0.6) is 5.75 Å². The fourth-order valence-electron chi connectivity index (χ4n) is 5.69. The first-order valence-corrected chi connectivity index (χ1v) is 15.5. The molecule has 0 spiro atoms. The summed E-state index contributed by atoms with van der Waals surface area (Å²) in [5, 5.41) is 18.7. The van der Waals surface area contributed by atoms with Gasteiger partial charge in [0.15, 0.2) is 23.0 Å². The third kappa shape index (κ3) is 6.65. The van der Waals surface area contributed by atoms with E-state index in [2.05, 4.69) is 25.9 Å². The third-order valence-corrected chi connectivity index (χ3v) is 8.48. The number of amides is 3. The molecule has 2 fully saturated rings. The summed E-state index contributed by atoms with van der Waals surface area (Å²) in [6, 6.07) is 7.46. The molecule has 3 amide bonds. The van der Waals surface area contributed by atoms with Crippen LogP contribution in [0.3, 0.4) is 0 Å². The molecular formula is C31H34ClF2N9O4. The highest BCUT2D eigenvalue weighted by Crippen LogP contribution is 2.32. The highest BCUT2D eigenvalue weighted by molar-refractivity contribution is 6.34. The molecule has 2 saturated heterocycles. The van der Waals surface area contributed by atoms with Crippen LogP contribution < -0.4 is 20.7 Å². The largest absolute Gasteiger partial charge is 0.475 e. The molecule has 4 heterocycles. The number of benzene rings is 2. The maximum atomic E-state index is 15.0.